The largest absolute Gasteiger partial charge is 0.456 e. The third kappa shape index (κ3) is 5.54. The fourth-order valence-corrected chi connectivity index (χ4v) is 3.99. The summed E-state index contributed by atoms with van der Waals surface area (Å²) in [5.74, 6) is -2.46. The number of ether oxygens (including phenoxy) is 1. The standard InChI is InChI=1S/C28H27F2N5O3/c1-5-6-16(2)35-15-19(14-33-35)34-26(36)12-20-22(29)13-25(17(3)27(20)30)38-24-9-10-32-23-8-7-18(11-21(23)24)28(37)31-4/h5,7-11,13-16H,1,6,12H2,2-4H3,(H,31,37)(H,34,36). The first-order valence-corrected chi connectivity index (χ1v) is 11.9. The molecule has 4 aromatic rings. The monoisotopic (exact) mass is 519 g/mol. The summed E-state index contributed by atoms with van der Waals surface area (Å²) in [6.45, 7) is 7.09. The number of halogens is 2. The Hall–Kier alpha value is -4.60. The Morgan fingerprint density at radius 2 is 2.00 bits per heavy atom. The summed E-state index contributed by atoms with van der Waals surface area (Å²) in [6.07, 6.45) is 6.57. The summed E-state index contributed by atoms with van der Waals surface area (Å²) >= 11 is 0. The molecule has 196 valence electrons. The van der Waals surface area contributed by atoms with Gasteiger partial charge in [-0.3, -0.25) is 19.3 Å². The topological polar surface area (TPSA) is 98.1 Å². The number of pyridine rings is 1. The molecular weight excluding hydrogens is 492 g/mol. The molecule has 0 bridgehead atoms. The molecule has 1 unspecified atom stereocenters. The van der Waals surface area contributed by atoms with Crippen LogP contribution in [-0.4, -0.2) is 33.6 Å². The molecule has 4 rings (SSSR count). The zero-order valence-corrected chi connectivity index (χ0v) is 21.2. The van der Waals surface area contributed by atoms with Crippen molar-refractivity contribution in [2.75, 3.05) is 12.4 Å². The normalized spacial score (nSPS) is 11.7. The van der Waals surface area contributed by atoms with E-state index in [1.54, 1.807) is 41.2 Å². The summed E-state index contributed by atoms with van der Waals surface area (Å²) in [5.41, 5.74) is 1.01. The molecule has 2 N–H and O–H groups in total. The fraction of sp³-hybridized carbons (Fsp3) is 0.214. The maximum Gasteiger partial charge on any atom is 0.251 e. The van der Waals surface area contributed by atoms with E-state index in [9.17, 15) is 9.59 Å². The second-order valence-corrected chi connectivity index (χ2v) is 8.80. The molecule has 0 aliphatic carbocycles. The number of aromatic nitrogens is 3. The van der Waals surface area contributed by atoms with E-state index in [1.807, 2.05) is 6.92 Å². The highest BCUT2D eigenvalue weighted by atomic mass is 19.1. The molecule has 1 atom stereocenters. The summed E-state index contributed by atoms with van der Waals surface area (Å²) in [5, 5.41) is 9.87. The molecule has 0 aliphatic heterocycles. The molecule has 2 amide bonds. The second-order valence-electron chi connectivity index (χ2n) is 8.80. The minimum Gasteiger partial charge on any atom is -0.456 e. The van der Waals surface area contributed by atoms with Crippen LogP contribution in [0.4, 0.5) is 14.5 Å². The van der Waals surface area contributed by atoms with Crippen molar-refractivity contribution in [3.8, 4) is 11.5 Å². The average molecular weight is 520 g/mol. The number of allylic oxidation sites excluding steroid dienone is 1. The zero-order valence-electron chi connectivity index (χ0n) is 21.2. The molecule has 10 heteroatoms. The van der Waals surface area contributed by atoms with Crippen LogP contribution in [0.25, 0.3) is 10.9 Å². The molecule has 0 aliphatic rings. The van der Waals surface area contributed by atoms with Crippen molar-refractivity contribution in [2.24, 2.45) is 0 Å². The number of hydrogen-bond donors (Lipinski definition) is 2. The molecule has 2 aromatic carbocycles. The van der Waals surface area contributed by atoms with E-state index in [4.69, 9.17) is 4.74 Å². The highest BCUT2D eigenvalue weighted by molar-refractivity contribution is 5.99. The first-order valence-electron chi connectivity index (χ1n) is 11.9. The lowest BCUT2D eigenvalue weighted by Gasteiger charge is -2.15. The van der Waals surface area contributed by atoms with Gasteiger partial charge in [0.15, 0.2) is 0 Å². The van der Waals surface area contributed by atoms with Crippen LogP contribution in [0.1, 0.15) is 40.9 Å². The Morgan fingerprint density at radius 1 is 1.21 bits per heavy atom. The summed E-state index contributed by atoms with van der Waals surface area (Å²) in [7, 11) is 1.52. The number of rotatable bonds is 9. The van der Waals surface area contributed by atoms with Gasteiger partial charge in [0.2, 0.25) is 5.91 Å². The Morgan fingerprint density at radius 3 is 2.74 bits per heavy atom. The number of carbonyl (C=O) groups excluding carboxylic acids is 2. The Bertz CT molecular complexity index is 1530. The van der Waals surface area contributed by atoms with Crippen molar-refractivity contribution in [1.29, 1.82) is 0 Å². The average Bonchev–Trinajstić information content (AvgIpc) is 3.37. The van der Waals surface area contributed by atoms with Crippen LogP contribution < -0.4 is 15.4 Å². The predicted molar refractivity (Wildman–Crippen MR) is 140 cm³/mol. The lowest BCUT2D eigenvalue weighted by Crippen LogP contribution is -2.17. The molecular formula is C28H27F2N5O3. The van der Waals surface area contributed by atoms with Crippen molar-refractivity contribution in [3.63, 3.8) is 0 Å². The first kappa shape index (κ1) is 26.5. The Labute approximate surface area is 218 Å². The van der Waals surface area contributed by atoms with Gasteiger partial charge in [0.1, 0.15) is 23.1 Å². The Kier molecular flexibility index (Phi) is 7.80. The second kappa shape index (κ2) is 11.2. The van der Waals surface area contributed by atoms with Gasteiger partial charge in [0, 0.05) is 47.6 Å². The number of nitrogens with one attached hydrogen (secondary N) is 2. The highest BCUT2D eigenvalue weighted by Crippen LogP contribution is 2.34. The van der Waals surface area contributed by atoms with Crippen molar-refractivity contribution in [1.82, 2.24) is 20.1 Å². The van der Waals surface area contributed by atoms with Gasteiger partial charge in [0.05, 0.1) is 29.9 Å². The maximum absolute atomic E-state index is 15.3. The fourth-order valence-electron chi connectivity index (χ4n) is 3.99. The number of hydrogen-bond acceptors (Lipinski definition) is 5. The van der Waals surface area contributed by atoms with Gasteiger partial charge >= 0.3 is 0 Å². The summed E-state index contributed by atoms with van der Waals surface area (Å²) < 4.78 is 37.8. The number of amides is 2. The molecule has 2 aromatic heterocycles. The van der Waals surface area contributed by atoms with Crippen LogP contribution in [0.3, 0.4) is 0 Å². The zero-order chi connectivity index (χ0) is 27.4. The number of anilines is 1. The van der Waals surface area contributed by atoms with Crippen molar-refractivity contribution in [2.45, 2.75) is 32.7 Å². The van der Waals surface area contributed by atoms with Crippen molar-refractivity contribution < 1.29 is 23.1 Å². The van der Waals surface area contributed by atoms with E-state index in [1.165, 1.54) is 26.4 Å². The van der Waals surface area contributed by atoms with Gasteiger partial charge in [-0.25, -0.2) is 8.78 Å². The van der Waals surface area contributed by atoms with E-state index < -0.39 is 24.0 Å². The van der Waals surface area contributed by atoms with E-state index in [0.29, 0.717) is 28.6 Å². The van der Waals surface area contributed by atoms with Crippen molar-refractivity contribution >= 4 is 28.4 Å². The number of fused-ring (bicyclic) bond motifs is 1. The molecule has 0 saturated carbocycles. The van der Waals surface area contributed by atoms with Crippen LogP contribution in [0.5, 0.6) is 11.5 Å². The van der Waals surface area contributed by atoms with E-state index in [-0.39, 0.29) is 34.6 Å². The van der Waals surface area contributed by atoms with Crippen molar-refractivity contribution in [3.05, 3.63) is 89.9 Å². The summed E-state index contributed by atoms with van der Waals surface area (Å²) in [6, 6.07) is 7.52. The quantitative estimate of drug-likeness (QED) is 0.285. The van der Waals surface area contributed by atoms with Crippen LogP contribution in [0.2, 0.25) is 0 Å². The van der Waals surface area contributed by atoms with Crippen LogP contribution in [-0.2, 0) is 11.2 Å². The lowest BCUT2D eigenvalue weighted by molar-refractivity contribution is -0.115. The van der Waals surface area contributed by atoms with Crippen LogP contribution in [0, 0.1) is 18.6 Å². The molecule has 8 nitrogen and oxygen atoms in total. The lowest BCUT2D eigenvalue weighted by atomic mass is 10.0. The van der Waals surface area contributed by atoms with Gasteiger partial charge < -0.3 is 15.4 Å². The molecule has 0 fully saturated rings. The van der Waals surface area contributed by atoms with Crippen LogP contribution >= 0.6 is 0 Å². The predicted octanol–water partition coefficient (Wildman–Crippen LogP) is 5.49. The first-order chi connectivity index (χ1) is 18.2. The van der Waals surface area contributed by atoms with Gasteiger partial charge in [0.25, 0.3) is 5.91 Å². The van der Waals surface area contributed by atoms with Gasteiger partial charge in [-0.05, 0) is 44.5 Å². The van der Waals surface area contributed by atoms with E-state index >= 15 is 8.78 Å². The summed E-state index contributed by atoms with van der Waals surface area (Å²) in [4.78, 5) is 28.9. The third-order valence-electron chi connectivity index (χ3n) is 6.10. The smallest absolute Gasteiger partial charge is 0.251 e. The van der Waals surface area contributed by atoms with E-state index in [0.717, 1.165) is 6.07 Å². The Balaban J connectivity index is 1.56. The third-order valence-corrected chi connectivity index (χ3v) is 6.10. The minimum absolute atomic E-state index is 0.0349. The molecule has 0 saturated heterocycles. The van der Waals surface area contributed by atoms with Gasteiger partial charge in [-0.2, -0.15) is 5.10 Å². The van der Waals surface area contributed by atoms with Gasteiger partial charge in [-0.1, -0.05) is 6.08 Å². The maximum atomic E-state index is 15.3. The molecule has 2 heterocycles. The highest BCUT2D eigenvalue weighted by Gasteiger charge is 2.21. The molecule has 38 heavy (non-hydrogen) atoms. The number of nitrogens with zero attached hydrogens (tertiary/aromatic N) is 3. The molecule has 0 spiro atoms. The van der Waals surface area contributed by atoms with Crippen LogP contribution in [0.15, 0.2) is 61.6 Å². The van der Waals surface area contributed by atoms with Gasteiger partial charge in [-0.15, -0.1) is 6.58 Å². The van der Waals surface area contributed by atoms with E-state index in [2.05, 4.69) is 27.3 Å². The SMILES string of the molecule is C=CCC(C)n1cc(NC(=O)Cc2c(F)cc(Oc3ccnc4ccc(C(=O)NC)cc34)c(C)c2F)cn1. The number of benzene rings is 2. The minimum atomic E-state index is -0.919. The molecule has 0 radical (unpaired) electrons. The number of carbonyl (C=O) groups is 2.